The Kier molecular flexibility index (Phi) is 4.25. The average Bonchev–Trinajstić information content (AvgIpc) is 2.28. The third kappa shape index (κ3) is 2.98. The van der Waals surface area contributed by atoms with Gasteiger partial charge >= 0.3 is 0 Å². The molecule has 1 N–H and O–H groups in total. The van der Waals surface area contributed by atoms with Crippen LogP contribution < -0.4 is 5.32 Å². The average molecular weight is 278 g/mol. The summed E-state index contributed by atoms with van der Waals surface area (Å²) >= 11 is 11.8. The molecular weight excluding hydrogens is 265 g/mol. The summed E-state index contributed by atoms with van der Waals surface area (Å²) in [5.41, 5.74) is 0. The molecule has 1 unspecified atom stereocenters. The highest BCUT2D eigenvalue weighted by molar-refractivity contribution is 7.85. The minimum atomic E-state index is -0.999. The SMILES string of the molecule is O=S(c1cc(Cl)cc(Cl)c1)C1CCNCC1. The Hall–Kier alpha value is -0.0900. The Morgan fingerprint density at radius 2 is 1.69 bits per heavy atom. The number of halogens is 2. The summed E-state index contributed by atoms with van der Waals surface area (Å²) in [5.74, 6) is 0. The summed E-state index contributed by atoms with van der Waals surface area (Å²) in [6, 6.07) is 5.14. The van der Waals surface area contributed by atoms with Gasteiger partial charge in [0.15, 0.2) is 0 Å². The Morgan fingerprint density at radius 1 is 1.12 bits per heavy atom. The van der Waals surface area contributed by atoms with Crippen molar-refractivity contribution in [3.63, 3.8) is 0 Å². The van der Waals surface area contributed by atoms with Crippen LogP contribution in [-0.4, -0.2) is 22.5 Å². The number of piperidine rings is 1. The molecule has 1 aliphatic rings. The number of hydrogen-bond acceptors (Lipinski definition) is 2. The summed E-state index contributed by atoms with van der Waals surface area (Å²) in [5, 5.41) is 4.57. The van der Waals surface area contributed by atoms with Crippen molar-refractivity contribution in [2.75, 3.05) is 13.1 Å². The predicted molar refractivity (Wildman–Crippen MR) is 68.8 cm³/mol. The van der Waals surface area contributed by atoms with Crippen molar-refractivity contribution in [3.8, 4) is 0 Å². The lowest BCUT2D eigenvalue weighted by Gasteiger charge is -2.22. The maximum atomic E-state index is 12.3. The van der Waals surface area contributed by atoms with E-state index in [-0.39, 0.29) is 5.25 Å². The van der Waals surface area contributed by atoms with Crippen molar-refractivity contribution in [1.29, 1.82) is 0 Å². The van der Waals surface area contributed by atoms with E-state index in [1.165, 1.54) is 0 Å². The summed E-state index contributed by atoms with van der Waals surface area (Å²) < 4.78 is 12.3. The molecule has 0 spiro atoms. The van der Waals surface area contributed by atoms with Crippen LogP contribution in [0.15, 0.2) is 23.1 Å². The molecule has 2 rings (SSSR count). The molecular formula is C11H13Cl2NOS. The number of benzene rings is 1. The highest BCUT2D eigenvalue weighted by atomic mass is 35.5. The Balaban J connectivity index is 2.19. The van der Waals surface area contributed by atoms with E-state index in [2.05, 4.69) is 5.32 Å². The fourth-order valence-electron chi connectivity index (χ4n) is 1.85. The number of rotatable bonds is 2. The van der Waals surface area contributed by atoms with Crippen LogP contribution in [0.1, 0.15) is 12.8 Å². The van der Waals surface area contributed by atoms with E-state index < -0.39 is 10.8 Å². The van der Waals surface area contributed by atoms with Crippen molar-refractivity contribution in [3.05, 3.63) is 28.2 Å². The molecule has 0 bridgehead atoms. The van der Waals surface area contributed by atoms with Crippen molar-refractivity contribution in [1.82, 2.24) is 5.32 Å². The largest absolute Gasteiger partial charge is 0.317 e. The lowest BCUT2D eigenvalue weighted by atomic mass is 10.2. The first kappa shape index (κ1) is 12.4. The van der Waals surface area contributed by atoms with Gasteiger partial charge in [-0.25, -0.2) is 0 Å². The van der Waals surface area contributed by atoms with Crippen LogP contribution in [0.25, 0.3) is 0 Å². The van der Waals surface area contributed by atoms with Gasteiger partial charge in [-0.15, -0.1) is 0 Å². The monoisotopic (exact) mass is 277 g/mol. The van der Waals surface area contributed by atoms with Gasteiger partial charge in [-0.1, -0.05) is 23.2 Å². The molecule has 0 amide bonds. The smallest absolute Gasteiger partial charge is 0.0562 e. The second-order valence-electron chi connectivity index (χ2n) is 3.85. The first-order valence-corrected chi connectivity index (χ1v) is 7.21. The molecule has 0 aromatic heterocycles. The lowest BCUT2D eigenvalue weighted by molar-refractivity contribution is 0.519. The summed E-state index contributed by atoms with van der Waals surface area (Å²) in [7, 11) is -0.999. The minimum absolute atomic E-state index is 0.218. The fourth-order valence-corrected chi connectivity index (χ4v) is 4.04. The zero-order chi connectivity index (χ0) is 11.5. The standard InChI is InChI=1S/C11H13Cl2NOS/c12-8-5-9(13)7-11(6-8)16(15)10-1-3-14-4-2-10/h5-7,10,14H,1-4H2. The molecule has 0 aliphatic carbocycles. The van der Waals surface area contributed by atoms with E-state index in [1.54, 1.807) is 18.2 Å². The third-order valence-electron chi connectivity index (χ3n) is 2.66. The molecule has 5 heteroatoms. The van der Waals surface area contributed by atoms with Crippen LogP contribution in [0.3, 0.4) is 0 Å². The molecule has 1 aromatic rings. The topological polar surface area (TPSA) is 29.1 Å². The zero-order valence-electron chi connectivity index (χ0n) is 8.71. The normalized spacial score (nSPS) is 19.6. The van der Waals surface area contributed by atoms with Crippen LogP contribution in [0, 0.1) is 0 Å². The second kappa shape index (κ2) is 5.50. The van der Waals surface area contributed by atoms with Gasteiger partial charge in [0.1, 0.15) is 0 Å². The van der Waals surface area contributed by atoms with Crippen molar-refractivity contribution < 1.29 is 4.21 Å². The van der Waals surface area contributed by atoms with Gasteiger partial charge < -0.3 is 5.32 Å². The molecule has 1 aliphatic heterocycles. The van der Waals surface area contributed by atoms with Gasteiger partial charge in [0.25, 0.3) is 0 Å². The van der Waals surface area contributed by atoms with E-state index in [1.807, 2.05) is 0 Å². The van der Waals surface area contributed by atoms with Gasteiger partial charge in [0, 0.05) is 20.2 Å². The van der Waals surface area contributed by atoms with E-state index in [9.17, 15) is 4.21 Å². The van der Waals surface area contributed by atoms with Crippen LogP contribution in [0.4, 0.5) is 0 Å². The molecule has 1 atom stereocenters. The van der Waals surface area contributed by atoms with Crippen LogP contribution in [-0.2, 0) is 10.8 Å². The van der Waals surface area contributed by atoms with Crippen LogP contribution in [0.5, 0.6) is 0 Å². The van der Waals surface area contributed by atoms with Crippen LogP contribution in [0.2, 0.25) is 10.0 Å². The van der Waals surface area contributed by atoms with Gasteiger partial charge in [-0.3, -0.25) is 4.21 Å². The Labute approximate surface area is 108 Å². The molecule has 0 radical (unpaired) electrons. The van der Waals surface area contributed by atoms with Gasteiger partial charge in [-0.05, 0) is 44.1 Å². The first-order valence-electron chi connectivity index (χ1n) is 5.24. The highest BCUT2D eigenvalue weighted by Gasteiger charge is 2.21. The summed E-state index contributed by atoms with van der Waals surface area (Å²) in [6.07, 6.45) is 1.88. The molecule has 16 heavy (non-hydrogen) atoms. The molecule has 2 nitrogen and oxygen atoms in total. The molecule has 1 saturated heterocycles. The van der Waals surface area contributed by atoms with Crippen molar-refractivity contribution in [2.24, 2.45) is 0 Å². The quantitative estimate of drug-likeness (QED) is 0.901. The minimum Gasteiger partial charge on any atom is -0.317 e. The number of nitrogens with one attached hydrogen (secondary N) is 1. The maximum absolute atomic E-state index is 12.3. The molecule has 0 saturated carbocycles. The van der Waals surface area contributed by atoms with Gasteiger partial charge in [-0.2, -0.15) is 0 Å². The van der Waals surface area contributed by atoms with E-state index >= 15 is 0 Å². The Morgan fingerprint density at radius 3 is 2.25 bits per heavy atom. The number of hydrogen-bond donors (Lipinski definition) is 1. The summed E-state index contributed by atoms with van der Waals surface area (Å²) in [4.78, 5) is 0.740. The highest BCUT2D eigenvalue weighted by Crippen LogP contribution is 2.25. The van der Waals surface area contributed by atoms with E-state index in [0.29, 0.717) is 10.0 Å². The molecule has 1 fully saturated rings. The third-order valence-corrected chi connectivity index (χ3v) is 4.87. The molecule has 1 aromatic carbocycles. The van der Waals surface area contributed by atoms with Crippen LogP contribution >= 0.6 is 23.2 Å². The van der Waals surface area contributed by atoms with Gasteiger partial charge in [0.2, 0.25) is 0 Å². The maximum Gasteiger partial charge on any atom is 0.0562 e. The first-order chi connectivity index (χ1) is 7.66. The molecule has 1 heterocycles. The fraction of sp³-hybridized carbons (Fsp3) is 0.455. The summed E-state index contributed by atoms with van der Waals surface area (Å²) in [6.45, 7) is 1.87. The van der Waals surface area contributed by atoms with E-state index in [4.69, 9.17) is 23.2 Å². The predicted octanol–water partition coefficient (Wildman–Crippen LogP) is 2.85. The van der Waals surface area contributed by atoms with E-state index in [0.717, 1.165) is 30.8 Å². The Bertz CT molecular complexity index is 385. The van der Waals surface area contributed by atoms with Crippen molar-refractivity contribution in [2.45, 2.75) is 23.0 Å². The second-order valence-corrected chi connectivity index (χ2v) is 6.46. The van der Waals surface area contributed by atoms with Gasteiger partial charge in [0.05, 0.1) is 10.8 Å². The zero-order valence-corrected chi connectivity index (χ0v) is 11.0. The van der Waals surface area contributed by atoms with Crippen molar-refractivity contribution >= 4 is 34.0 Å². The molecule has 88 valence electrons. The lowest BCUT2D eigenvalue weighted by Crippen LogP contribution is -2.33.